The summed E-state index contributed by atoms with van der Waals surface area (Å²) in [7, 11) is -3.53. The van der Waals surface area contributed by atoms with Crippen molar-refractivity contribution in [2.45, 2.75) is 26.2 Å². The first-order chi connectivity index (χ1) is 15.4. The Hall–Kier alpha value is -3.46. The lowest BCUT2D eigenvalue weighted by Crippen LogP contribution is -2.44. The summed E-state index contributed by atoms with van der Waals surface area (Å²) in [4.78, 5) is 24.9. The minimum Gasteiger partial charge on any atom is -0.272 e. The average molecular weight is 455 g/mol. The Bertz CT molecular complexity index is 1160. The summed E-state index contributed by atoms with van der Waals surface area (Å²) >= 11 is 0. The Balaban J connectivity index is 1.74. The van der Waals surface area contributed by atoms with E-state index < -0.39 is 27.4 Å². The number of rotatable bonds is 9. The molecule has 0 saturated carbocycles. The predicted octanol–water partition coefficient (Wildman–Crippen LogP) is 2.91. The third-order valence-corrected chi connectivity index (χ3v) is 6.36. The number of hydrazine groups is 1. The first-order valence-corrected chi connectivity index (χ1v) is 12.2. The Labute approximate surface area is 187 Å². The molecule has 0 saturated heterocycles. The molecule has 3 rings (SSSR count). The van der Waals surface area contributed by atoms with Crippen LogP contribution in [0, 0.1) is 0 Å². The van der Waals surface area contributed by atoms with Gasteiger partial charge in [0.05, 0.1) is 17.0 Å². The molecule has 2 N–H and O–H groups in total. The molecule has 0 fully saturated rings. The van der Waals surface area contributed by atoms with E-state index in [-0.39, 0.29) is 11.3 Å². The summed E-state index contributed by atoms with van der Waals surface area (Å²) in [5, 5.41) is 4.55. The van der Waals surface area contributed by atoms with Crippen molar-refractivity contribution in [1.82, 2.24) is 20.6 Å². The number of hydrogen-bond donors (Lipinski definition) is 2. The largest absolute Gasteiger partial charge is 0.273 e. The molecule has 0 atom stereocenters. The Morgan fingerprint density at radius 1 is 0.938 bits per heavy atom. The number of benzene rings is 2. The number of hydrogen-bond acceptors (Lipinski definition) is 5. The summed E-state index contributed by atoms with van der Waals surface area (Å²) in [6.45, 7) is 1.97. The number of para-hydroxylation sites is 1. The van der Waals surface area contributed by atoms with E-state index in [1.165, 1.54) is 0 Å². The normalized spacial score (nSPS) is 11.2. The van der Waals surface area contributed by atoms with Crippen LogP contribution < -0.4 is 10.9 Å². The first kappa shape index (κ1) is 23.2. The number of unbranched alkanes of at least 4 members (excludes halogenated alkanes) is 2. The molecule has 1 heterocycles. The van der Waals surface area contributed by atoms with Crippen LogP contribution in [-0.2, 0) is 14.6 Å². The highest BCUT2D eigenvalue weighted by atomic mass is 32.2. The molecule has 9 heteroatoms. The second-order valence-corrected chi connectivity index (χ2v) is 9.52. The summed E-state index contributed by atoms with van der Waals surface area (Å²) in [6, 6.07) is 18.5. The van der Waals surface area contributed by atoms with Gasteiger partial charge in [-0.05, 0) is 18.6 Å². The summed E-state index contributed by atoms with van der Waals surface area (Å²) in [6.07, 6.45) is 3.75. The van der Waals surface area contributed by atoms with E-state index in [9.17, 15) is 18.0 Å². The van der Waals surface area contributed by atoms with Gasteiger partial charge in [0.2, 0.25) is 0 Å². The Morgan fingerprint density at radius 2 is 1.59 bits per heavy atom. The van der Waals surface area contributed by atoms with Crippen LogP contribution in [0.25, 0.3) is 16.9 Å². The third-order valence-electron chi connectivity index (χ3n) is 4.75. The van der Waals surface area contributed by atoms with E-state index in [0.29, 0.717) is 12.1 Å². The topological polar surface area (TPSA) is 110 Å². The average Bonchev–Trinajstić information content (AvgIpc) is 3.24. The number of nitrogens with one attached hydrogen (secondary N) is 2. The van der Waals surface area contributed by atoms with Crippen LogP contribution in [0.1, 0.15) is 36.5 Å². The van der Waals surface area contributed by atoms with Crippen LogP contribution >= 0.6 is 0 Å². The van der Waals surface area contributed by atoms with E-state index in [0.717, 1.165) is 24.1 Å². The SMILES string of the molecule is CCCCCS(=O)(=O)CC(=O)NNC(=O)c1cn(-c2ccccc2)nc1-c1ccccc1. The van der Waals surface area contributed by atoms with Crippen LogP contribution in [0.15, 0.2) is 66.9 Å². The van der Waals surface area contributed by atoms with Crippen molar-refractivity contribution >= 4 is 21.7 Å². The quantitative estimate of drug-likeness (QED) is 0.382. The van der Waals surface area contributed by atoms with Gasteiger partial charge in [-0.25, -0.2) is 13.1 Å². The predicted molar refractivity (Wildman–Crippen MR) is 123 cm³/mol. The zero-order valence-corrected chi connectivity index (χ0v) is 18.6. The van der Waals surface area contributed by atoms with E-state index in [2.05, 4.69) is 16.0 Å². The molecule has 0 unspecified atom stereocenters. The Kier molecular flexibility index (Phi) is 7.77. The van der Waals surface area contributed by atoms with Gasteiger partial charge in [0.1, 0.15) is 11.4 Å². The smallest absolute Gasteiger partial charge is 0.272 e. The maximum Gasteiger partial charge on any atom is 0.273 e. The number of aromatic nitrogens is 2. The van der Waals surface area contributed by atoms with E-state index >= 15 is 0 Å². The fourth-order valence-electron chi connectivity index (χ4n) is 3.14. The molecule has 8 nitrogen and oxygen atoms in total. The third kappa shape index (κ3) is 6.27. The second-order valence-electron chi connectivity index (χ2n) is 7.34. The van der Waals surface area contributed by atoms with Gasteiger partial charge in [-0.1, -0.05) is 68.3 Å². The van der Waals surface area contributed by atoms with Crippen molar-refractivity contribution in [3.63, 3.8) is 0 Å². The van der Waals surface area contributed by atoms with Crippen molar-refractivity contribution in [2.75, 3.05) is 11.5 Å². The summed E-state index contributed by atoms with van der Waals surface area (Å²) < 4.78 is 25.7. The maximum atomic E-state index is 12.8. The molecule has 0 aliphatic heterocycles. The number of nitrogens with zero attached hydrogens (tertiary/aromatic N) is 2. The zero-order valence-electron chi connectivity index (χ0n) is 17.8. The van der Waals surface area contributed by atoms with E-state index in [1.54, 1.807) is 10.9 Å². The molecule has 0 radical (unpaired) electrons. The van der Waals surface area contributed by atoms with Crippen molar-refractivity contribution in [2.24, 2.45) is 0 Å². The number of carbonyl (C=O) groups excluding carboxylic acids is 2. The van der Waals surface area contributed by atoms with Gasteiger partial charge in [0.15, 0.2) is 9.84 Å². The van der Waals surface area contributed by atoms with Gasteiger partial charge < -0.3 is 0 Å². The lowest BCUT2D eigenvalue weighted by molar-refractivity contribution is -0.119. The van der Waals surface area contributed by atoms with Crippen LogP contribution in [0.3, 0.4) is 0 Å². The monoisotopic (exact) mass is 454 g/mol. The fourth-order valence-corrected chi connectivity index (χ4v) is 4.40. The van der Waals surface area contributed by atoms with E-state index in [4.69, 9.17) is 0 Å². The highest BCUT2D eigenvalue weighted by molar-refractivity contribution is 7.92. The zero-order chi connectivity index (χ0) is 23.0. The van der Waals surface area contributed by atoms with Crippen LogP contribution in [0.2, 0.25) is 0 Å². The minimum absolute atomic E-state index is 0.0514. The second kappa shape index (κ2) is 10.7. The van der Waals surface area contributed by atoms with Crippen LogP contribution in [-0.4, -0.2) is 41.5 Å². The van der Waals surface area contributed by atoms with Crippen molar-refractivity contribution in [3.8, 4) is 16.9 Å². The maximum absolute atomic E-state index is 12.8. The molecule has 0 aliphatic rings. The van der Waals surface area contributed by atoms with Crippen molar-refractivity contribution in [3.05, 3.63) is 72.4 Å². The molecule has 1 aromatic heterocycles. The van der Waals surface area contributed by atoms with Gasteiger partial charge >= 0.3 is 0 Å². The highest BCUT2D eigenvalue weighted by Gasteiger charge is 2.21. The van der Waals surface area contributed by atoms with Crippen LogP contribution in [0.4, 0.5) is 0 Å². The molecule has 3 aromatic rings. The first-order valence-electron chi connectivity index (χ1n) is 10.4. The molecule has 2 aromatic carbocycles. The molecule has 0 aliphatic carbocycles. The lowest BCUT2D eigenvalue weighted by atomic mass is 10.1. The molecule has 0 bridgehead atoms. The summed E-state index contributed by atoms with van der Waals surface area (Å²) in [5.74, 6) is -2.11. The summed E-state index contributed by atoms with van der Waals surface area (Å²) in [5.41, 5.74) is 6.69. The fraction of sp³-hybridized carbons (Fsp3) is 0.261. The minimum atomic E-state index is -3.53. The van der Waals surface area contributed by atoms with Gasteiger partial charge in [-0.2, -0.15) is 5.10 Å². The van der Waals surface area contributed by atoms with Crippen molar-refractivity contribution < 1.29 is 18.0 Å². The van der Waals surface area contributed by atoms with Gasteiger partial charge in [0, 0.05) is 11.8 Å². The molecule has 0 spiro atoms. The standard InChI is InChI=1S/C23H26N4O4S/c1-2-3-10-15-32(30,31)17-21(28)24-25-23(29)20-16-27(19-13-8-5-9-14-19)26-22(20)18-11-6-4-7-12-18/h4-9,11-14,16H,2-3,10,15,17H2,1H3,(H,24,28)(H,25,29). The lowest BCUT2D eigenvalue weighted by Gasteiger charge is -2.08. The number of carbonyl (C=O) groups is 2. The number of sulfone groups is 1. The van der Waals surface area contributed by atoms with Gasteiger partial charge in [-0.3, -0.25) is 20.4 Å². The molecular weight excluding hydrogens is 428 g/mol. The Morgan fingerprint density at radius 3 is 2.25 bits per heavy atom. The molecular formula is C23H26N4O4S. The highest BCUT2D eigenvalue weighted by Crippen LogP contribution is 2.23. The molecule has 32 heavy (non-hydrogen) atoms. The number of amides is 2. The van der Waals surface area contributed by atoms with Gasteiger partial charge in [-0.15, -0.1) is 0 Å². The van der Waals surface area contributed by atoms with Crippen molar-refractivity contribution in [1.29, 1.82) is 0 Å². The van der Waals surface area contributed by atoms with Gasteiger partial charge in [0.25, 0.3) is 11.8 Å². The molecule has 2 amide bonds. The van der Waals surface area contributed by atoms with E-state index in [1.807, 2.05) is 67.6 Å². The molecule has 168 valence electrons. The van der Waals surface area contributed by atoms with Crippen LogP contribution in [0.5, 0.6) is 0 Å².